The van der Waals surface area contributed by atoms with Crippen LogP contribution in [0.15, 0.2) is 24.3 Å². The molecule has 2 rings (SSSR count). The molecule has 5 N–H and O–H groups in total. The Hall–Kier alpha value is -1.85. The van der Waals surface area contributed by atoms with Crippen LogP contribution in [0.2, 0.25) is 0 Å². The summed E-state index contributed by atoms with van der Waals surface area (Å²) in [6.45, 7) is 1.20. The van der Waals surface area contributed by atoms with E-state index in [4.69, 9.17) is 16.2 Å². The lowest BCUT2D eigenvalue weighted by Gasteiger charge is -2.05. The van der Waals surface area contributed by atoms with Crippen molar-refractivity contribution < 1.29 is 4.74 Å². The third-order valence-corrected chi connectivity index (χ3v) is 3.10. The van der Waals surface area contributed by atoms with Gasteiger partial charge in [-0.15, -0.1) is 0 Å². The highest BCUT2D eigenvalue weighted by Crippen LogP contribution is 2.26. The van der Waals surface area contributed by atoms with E-state index in [-0.39, 0.29) is 0 Å². The number of hydrogen-bond acceptors (Lipinski definition) is 4. The number of H-pyrrole nitrogens is 1. The van der Waals surface area contributed by atoms with Crippen LogP contribution >= 0.6 is 0 Å². The molecular formula is C14H20N4O. The molecule has 0 amide bonds. The summed E-state index contributed by atoms with van der Waals surface area (Å²) in [6.07, 6.45) is 1.59. The first kappa shape index (κ1) is 13.6. The van der Waals surface area contributed by atoms with Crippen molar-refractivity contribution in [2.45, 2.75) is 12.8 Å². The first-order valence-corrected chi connectivity index (χ1v) is 6.40. The second-order valence-electron chi connectivity index (χ2n) is 4.34. The van der Waals surface area contributed by atoms with E-state index in [0.29, 0.717) is 13.1 Å². The highest BCUT2D eigenvalue weighted by Gasteiger charge is 2.13. The zero-order chi connectivity index (χ0) is 13.7. The summed E-state index contributed by atoms with van der Waals surface area (Å²) in [6, 6.07) is 7.86. The normalized spacial score (nSPS) is 10.7. The Bertz CT molecular complexity index is 519. The molecule has 1 aromatic carbocycles. The number of aromatic nitrogens is 2. The van der Waals surface area contributed by atoms with Gasteiger partial charge in [0, 0.05) is 23.2 Å². The minimum Gasteiger partial charge on any atom is -0.497 e. The zero-order valence-corrected chi connectivity index (χ0v) is 11.1. The monoisotopic (exact) mass is 260 g/mol. The van der Waals surface area contributed by atoms with Crippen LogP contribution in [0.4, 0.5) is 0 Å². The fourth-order valence-corrected chi connectivity index (χ4v) is 2.15. The van der Waals surface area contributed by atoms with Crippen LogP contribution in [0.5, 0.6) is 5.75 Å². The zero-order valence-electron chi connectivity index (χ0n) is 11.1. The van der Waals surface area contributed by atoms with E-state index in [1.165, 1.54) is 0 Å². The number of nitrogens with two attached hydrogens (primary N) is 2. The van der Waals surface area contributed by atoms with Crippen LogP contribution in [-0.4, -0.2) is 30.4 Å². The van der Waals surface area contributed by atoms with Crippen LogP contribution < -0.4 is 16.2 Å². The largest absolute Gasteiger partial charge is 0.497 e. The Kier molecular flexibility index (Phi) is 4.54. The van der Waals surface area contributed by atoms with E-state index >= 15 is 0 Å². The van der Waals surface area contributed by atoms with E-state index in [9.17, 15) is 0 Å². The van der Waals surface area contributed by atoms with Gasteiger partial charge in [0.15, 0.2) is 0 Å². The maximum Gasteiger partial charge on any atom is 0.118 e. The maximum atomic E-state index is 5.68. The van der Waals surface area contributed by atoms with Crippen LogP contribution in [0.25, 0.3) is 11.3 Å². The predicted molar refractivity (Wildman–Crippen MR) is 76.1 cm³/mol. The van der Waals surface area contributed by atoms with E-state index in [1.807, 2.05) is 24.3 Å². The van der Waals surface area contributed by atoms with E-state index < -0.39 is 0 Å². The third kappa shape index (κ3) is 2.94. The number of nitrogens with zero attached hydrogens (tertiary/aromatic N) is 1. The van der Waals surface area contributed by atoms with Crippen molar-refractivity contribution in [2.24, 2.45) is 11.5 Å². The molecular weight excluding hydrogens is 240 g/mol. The smallest absolute Gasteiger partial charge is 0.118 e. The van der Waals surface area contributed by atoms with Gasteiger partial charge < -0.3 is 16.2 Å². The Morgan fingerprint density at radius 3 is 2.37 bits per heavy atom. The van der Waals surface area contributed by atoms with Gasteiger partial charge in [0.2, 0.25) is 0 Å². The number of hydrogen-bond donors (Lipinski definition) is 3. The number of aromatic amines is 1. The molecule has 1 aromatic heterocycles. The Morgan fingerprint density at radius 1 is 1.11 bits per heavy atom. The van der Waals surface area contributed by atoms with Crippen molar-refractivity contribution in [3.63, 3.8) is 0 Å². The molecule has 19 heavy (non-hydrogen) atoms. The molecule has 2 aromatic rings. The first-order valence-electron chi connectivity index (χ1n) is 6.40. The minimum absolute atomic E-state index is 0.597. The SMILES string of the molecule is COc1ccc(-c2n[nH]c(CCN)c2CCN)cc1. The van der Waals surface area contributed by atoms with Gasteiger partial charge >= 0.3 is 0 Å². The van der Waals surface area contributed by atoms with E-state index in [2.05, 4.69) is 10.2 Å². The fourth-order valence-electron chi connectivity index (χ4n) is 2.15. The van der Waals surface area contributed by atoms with Crippen LogP contribution in [0.1, 0.15) is 11.3 Å². The van der Waals surface area contributed by atoms with Crippen molar-refractivity contribution in [1.29, 1.82) is 0 Å². The lowest BCUT2D eigenvalue weighted by atomic mass is 10.0. The second-order valence-corrected chi connectivity index (χ2v) is 4.34. The van der Waals surface area contributed by atoms with Crippen molar-refractivity contribution in [1.82, 2.24) is 10.2 Å². The number of ether oxygens (including phenoxy) is 1. The third-order valence-electron chi connectivity index (χ3n) is 3.10. The van der Waals surface area contributed by atoms with Gasteiger partial charge in [0.05, 0.1) is 12.8 Å². The average Bonchev–Trinajstić information content (AvgIpc) is 2.83. The Morgan fingerprint density at radius 2 is 1.79 bits per heavy atom. The highest BCUT2D eigenvalue weighted by molar-refractivity contribution is 5.64. The van der Waals surface area contributed by atoms with Crippen molar-refractivity contribution in [3.05, 3.63) is 35.5 Å². The molecule has 1 heterocycles. The molecule has 0 saturated carbocycles. The van der Waals surface area contributed by atoms with Gasteiger partial charge in [-0.3, -0.25) is 5.10 Å². The van der Waals surface area contributed by atoms with E-state index in [1.54, 1.807) is 7.11 Å². The lowest BCUT2D eigenvalue weighted by molar-refractivity contribution is 0.415. The number of benzene rings is 1. The lowest BCUT2D eigenvalue weighted by Crippen LogP contribution is -2.08. The van der Waals surface area contributed by atoms with E-state index in [0.717, 1.165) is 41.1 Å². The second kappa shape index (κ2) is 6.36. The maximum absolute atomic E-state index is 5.68. The molecule has 0 fully saturated rings. The summed E-state index contributed by atoms with van der Waals surface area (Å²) in [5.74, 6) is 0.835. The number of rotatable bonds is 6. The summed E-state index contributed by atoms with van der Waals surface area (Å²) in [5, 5.41) is 7.47. The average molecular weight is 260 g/mol. The van der Waals surface area contributed by atoms with Crippen molar-refractivity contribution in [3.8, 4) is 17.0 Å². The summed E-state index contributed by atoms with van der Waals surface area (Å²) < 4.78 is 5.16. The molecule has 0 aliphatic carbocycles. The summed E-state index contributed by atoms with van der Waals surface area (Å²) >= 11 is 0. The summed E-state index contributed by atoms with van der Waals surface area (Å²) in [7, 11) is 1.66. The fraction of sp³-hybridized carbons (Fsp3) is 0.357. The number of nitrogens with one attached hydrogen (secondary N) is 1. The van der Waals surface area contributed by atoms with Crippen LogP contribution in [0.3, 0.4) is 0 Å². The van der Waals surface area contributed by atoms with Crippen molar-refractivity contribution in [2.75, 3.05) is 20.2 Å². The molecule has 0 atom stereocenters. The van der Waals surface area contributed by atoms with Crippen LogP contribution in [0, 0.1) is 0 Å². The molecule has 0 unspecified atom stereocenters. The molecule has 5 nitrogen and oxygen atoms in total. The summed E-state index contributed by atoms with van der Waals surface area (Å²) in [4.78, 5) is 0. The first-order chi connectivity index (χ1) is 9.30. The Labute approximate surface area is 113 Å². The van der Waals surface area contributed by atoms with Gasteiger partial charge in [0.1, 0.15) is 5.75 Å². The van der Waals surface area contributed by atoms with Crippen molar-refractivity contribution >= 4 is 0 Å². The molecule has 0 saturated heterocycles. The van der Waals surface area contributed by atoms with Gasteiger partial charge in [-0.25, -0.2) is 0 Å². The molecule has 0 aliphatic heterocycles. The summed E-state index contributed by atoms with van der Waals surface area (Å²) in [5.41, 5.74) is 15.6. The highest BCUT2D eigenvalue weighted by atomic mass is 16.5. The van der Waals surface area contributed by atoms with Crippen LogP contribution in [-0.2, 0) is 12.8 Å². The standard InChI is InChI=1S/C14H20N4O/c1-19-11-4-2-10(3-5-11)14-12(6-8-15)13(7-9-16)17-18-14/h2-5H,6-9,15-16H2,1H3,(H,17,18). The minimum atomic E-state index is 0.597. The quantitative estimate of drug-likeness (QED) is 0.725. The number of methoxy groups -OCH3 is 1. The van der Waals surface area contributed by atoms with Gasteiger partial charge in [0.25, 0.3) is 0 Å². The molecule has 5 heteroatoms. The van der Waals surface area contributed by atoms with Gasteiger partial charge in [-0.1, -0.05) is 0 Å². The Balaban J connectivity index is 2.36. The molecule has 0 bridgehead atoms. The molecule has 102 valence electrons. The topological polar surface area (TPSA) is 89.9 Å². The molecule has 0 radical (unpaired) electrons. The molecule has 0 aliphatic rings. The predicted octanol–water partition coefficient (Wildman–Crippen LogP) is 1.09. The molecule has 0 spiro atoms. The van der Waals surface area contributed by atoms with Gasteiger partial charge in [-0.05, 0) is 43.8 Å². The van der Waals surface area contributed by atoms with Gasteiger partial charge in [-0.2, -0.15) is 5.10 Å².